The minimum atomic E-state index is -0.678. The molecule has 0 aromatic heterocycles. The molecule has 0 aliphatic carbocycles. The predicted molar refractivity (Wildman–Crippen MR) is 104 cm³/mol. The van der Waals surface area contributed by atoms with Gasteiger partial charge in [0.1, 0.15) is 11.4 Å². The van der Waals surface area contributed by atoms with Gasteiger partial charge in [-0.15, -0.1) is 0 Å². The van der Waals surface area contributed by atoms with Crippen LogP contribution in [0.4, 0.5) is 17.1 Å². The van der Waals surface area contributed by atoms with Crippen LogP contribution in [0.2, 0.25) is 0 Å². The van der Waals surface area contributed by atoms with E-state index in [0.717, 1.165) is 17.2 Å². The molecule has 3 rings (SSSR count). The first-order valence-corrected chi connectivity index (χ1v) is 8.21. The molecule has 3 aromatic carbocycles. The van der Waals surface area contributed by atoms with Crippen molar-refractivity contribution in [1.29, 1.82) is 0 Å². The first-order chi connectivity index (χ1) is 13.5. The highest BCUT2D eigenvalue weighted by atomic mass is 16.6. The van der Waals surface area contributed by atoms with Crippen molar-refractivity contribution in [1.82, 2.24) is 0 Å². The Balaban J connectivity index is 2.19. The normalized spacial score (nSPS) is 11.1. The molecule has 8 heteroatoms. The molecule has 0 bridgehead atoms. The van der Waals surface area contributed by atoms with Crippen molar-refractivity contribution >= 4 is 22.8 Å². The summed E-state index contributed by atoms with van der Waals surface area (Å²) in [4.78, 5) is 25.5. The van der Waals surface area contributed by atoms with Crippen LogP contribution in [0.25, 0.3) is 0 Å². The summed E-state index contributed by atoms with van der Waals surface area (Å²) in [5, 5.41) is 22.4. The summed E-state index contributed by atoms with van der Waals surface area (Å²) in [6.07, 6.45) is 0. The third kappa shape index (κ3) is 4.01. The number of benzene rings is 3. The van der Waals surface area contributed by atoms with Crippen molar-refractivity contribution in [3.8, 4) is 5.75 Å². The van der Waals surface area contributed by atoms with Gasteiger partial charge in [-0.05, 0) is 30.3 Å². The van der Waals surface area contributed by atoms with Gasteiger partial charge in [0.15, 0.2) is 0 Å². The number of aliphatic imine (C=N–C) groups is 1. The fraction of sp³-hybridized carbons (Fsp3) is 0.0500. The average molecular weight is 377 g/mol. The van der Waals surface area contributed by atoms with Crippen molar-refractivity contribution in [2.75, 3.05) is 7.11 Å². The standard InChI is InChI=1S/C20H15N3O5/c1-28-17-10-7-15(8-11-17)20(14-5-3-2-4-6-14)21-18-12-9-16(22(24)25)13-19(18)23(26)27/h2-13H,1H3. The number of hydrogen-bond acceptors (Lipinski definition) is 6. The SMILES string of the molecule is COc1ccc(C(=Nc2ccc([N+](=O)[O-])cc2[N+](=O)[O-])c2ccccc2)cc1. The summed E-state index contributed by atoms with van der Waals surface area (Å²) in [5.74, 6) is 0.664. The second-order valence-corrected chi connectivity index (χ2v) is 5.74. The number of nitrogens with zero attached hydrogens (tertiary/aromatic N) is 3. The highest BCUT2D eigenvalue weighted by Gasteiger charge is 2.20. The number of hydrogen-bond donors (Lipinski definition) is 0. The Kier molecular flexibility index (Phi) is 5.40. The van der Waals surface area contributed by atoms with E-state index in [-0.39, 0.29) is 11.4 Å². The van der Waals surface area contributed by atoms with Gasteiger partial charge in [-0.1, -0.05) is 30.3 Å². The monoisotopic (exact) mass is 377 g/mol. The summed E-state index contributed by atoms with van der Waals surface area (Å²) in [6.45, 7) is 0. The zero-order valence-electron chi connectivity index (χ0n) is 14.8. The lowest BCUT2D eigenvalue weighted by atomic mass is 10.0. The molecule has 140 valence electrons. The van der Waals surface area contributed by atoms with Crippen LogP contribution in [0.15, 0.2) is 77.8 Å². The molecule has 0 saturated carbocycles. The molecule has 0 atom stereocenters. The molecular formula is C20H15N3O5. The van der Waals surface area contributed by atoms with Gasteiger partial charge in [0.2, 0.25) is 0 Å². The number of rotatable bonds is 6. The van der Waals surface area contributed by atoms with E-state index in [4.69, 9.17) is 4.74 Å². The fourth-order valence-electron chi connectivity index (χ4n) is 2.63. The molecule has 0 amide bonds. The number of non-ortho nitro benzene ring substituents is 1. The Hall–Kier alpha value is -4.07. The molecular weight excluding hydrogens is 362 g/mol. The molecule has 8 nitrogen and oxygen atoms in total. The van der Waals surface area contributed by atoms with Crippen molar-refractivity contribution in [2.45, 2.75) is 0 Å². The van der Waals surface area contributed by atoms with Gasteiger partial charge in [-0.2, -0.15) is 0 Å². The molecule has 0 unspecified atom stereocenters. The Labute approximate surface area is 160 Å². The molecule has 0 N–H and O–H groups in total. The summed E-state index contributed by atoms with van der Waals surface area (Å²) in [6, 6.07) is 19.7. The number of nitro benzene ring substituents is 2. The van der Waals surface area contributed by atoms with Crippen molar-refractivity contribution < 1.29 is 14.6 Å². The van der Waals surface area contributed by atoms with Gasteiger partial charge in [-0.3, -0.25) is 20.2 Å². The van der Waals surface area contributed by atoms with Crippen LogP contribution in [-0.2, 0) is 0 Å². The highest BCUT2D eigenvalue weighted by Crippen LogP contribution is 2.32. The third-order valence-corrected chi connectivity index (χ3v) is 4.01. The first-order valence-electron chi connectivity index (χ1n) is 8.21. The van der Waals surface area contributed by atoms with Crippen molar-refractivity contribution in [3.63, 3.8) is 0 Å². The van der Waals surface area contributed by atoms with Crippen LogP contribution in [0.1, 0.15) is 11.1 Å². The number of ether oxygens (including phenoxy) is 1. The van der Waals surface area contributed by atoms with Gasteiger partial charge in [0.05, 0.1) is 28.7 Å². The van der Waals surface area contributed by atoms with Gasteiger partial charge in [0.25, 0.3) is 5.69 Å². The van der Waals surface area contributed by atoms with E-state index >= 15 is 0 Å². The lowest BCUT2D eigenvalue weighted by Gasteiger charge is -2.09. The Morgan fingerprint density at radius 1 is 0.857 bits per heavy atom. The molecule has 0 spiro atoms. The zero-order chi connectivity index (χ0) is 20.1. The Morgan fingerprint density at radius 3 is 2.07 bits per heavy atom. The Bertz CT molecular complexity index is 1050. The molecule has 28 heavy (non-hydrogen) atoms. The maximum atomic E-state index is 11.4. The van der Waals surface area contributed by atoms with E-state index in [2.05, 4.69) is 4.99 Å². The van der Waals surface area contributed by atoms with E-state index in [1.807, 2.05) is 30.3 Å². The topological polar surface area (TPSA) is 108 Å². The summed E-state index contributed by atoms with van der Waals surface area (Å²) in [7, 11) is 1.56. The van der Waals surface area contributed by atoms with E-state index in [1.165, 1.54) is 12.1 Å². The van der Waals surface area contributed by atoms with E-state index in [1.54, 1.807) is 31.4 Å². The fourth-order valence-corrected chi connectivity index (χ4v) is 2.63. The molecule has 0 aliphatic rings. The second kappa shape index (κ2) is 8.09. The van der Waals surface area contributed by atoms with Gasteiger partial charge >= 0.3 is 5.69 Å². The lowest BCUT2D eigenvalue weighted by molar-refractivity contribution is -0.393. The smallest absolute Gasteiger partial charge is 0.301 e. The van der Waals surface area contributed by atoms with Crippen LogP contribution in [0, 0.1) is 20.2 Å². The van der Waals surface area contributed by atoms with Crippen LogP contribution < -0.4 is 4.74 Å². The average Bonchev–Trinajstić information content (AvgIpc) is 2.72. The van der Waals surface area contributed by atoms with E-state index < -0.39 is 15.5 Å². The maximum absolute atomic E-state index is 11.4. The maximum Gasteiger partial charge on any atom is 0.301 e. The first kappa shape index (κ1) is 18.7. The molecule has 0 saturated heterocycles. The molecule has 0 radical (unpaired) electrons. The minimum absolute atomic E-state index is 0.0327. The Morgan fingerprint density at radius 2 is 1.50 bits per heavy atom. The zero-order valence-corrected chi connectivity index (χ0v) is 14.8. The molecule has 0 aliphatic heterocycles. The lowest BCUT2D eigenvalue weighted by Crippen LogP contribution is -2.03. The van der Waals surface area contributed by atoms with E-state index in [9.17, 15) is 20.2 Å². The van der Waals surface area contributed by atoms with E-state index in [0.29, 0.717) is 11.5 Å². The second-order valence-electron chi connectivity index (χ2n) is 5.74. The van der Waals surface area contributed by atoms with Gasteiger partial charge in [-0.25, -0.2) is 4.99 Å². The van der Waals surface area contributed by atoms with Crippen LogP contribution in [0.5, 0.6) is 5.75 Å². The number of nitro groups is 2. The summed E-state index contributed by atoms with van der Waals surface area (Å²) in [5.41, 5.74) is 1.21. The third-order valence-electron chi connectivity index (χ3n) is 4.01. The highest BCUT2D eigenvalue weighted by molar-refractivity contribution is 6.14. The van der Waals surface area contributed by atoms with Crippen molar-refractivity contribution in [2.24, 2.45) is 4.99 Å². The molecule has 3 aromatic rings. The quantitative estimate of drug-likeness (QED) is 0.352. The van der Waals surface area contributed by atoms with Crippen LogP contribution in [0.3, 0.4) is 0 Å². The summed E-state index contributed by atoms with van der Waals surface area (Å²) >= 11 is 0. The van der Waals surface area contributed by atoms with Crippen molar-refractivity contribution in [3.05, 3.63) is 104 Å². The van der Waals surface area contributed by atoms with Crippen LogP contribution >= 0.6 is 0 Å². The predicted octanol–water partition coefficient (Wildman–Crippen LogP) is 4.68. The molecule has 0 heterocycles. The van der Waals surface area contributed by atoms with Gasteiger partial charge < -0.3 is 4.74 Å². The minimum Gasteiger partial charge on any atom is -0.497 e. The van der Waals surface area contributed by atoms with Gasteiger partial charge in [0, 0.05) is 17.2 Å². The molecule has 0 fully saturated rings. The van der Waals surface area contributed by atoms with Crippen LogP contribution in [-0.4, -0.2) is 22.7 Å². The largest absolute Gasteiger partial charge is 0.497 e. The number of methoxy groups -OCH3 is 1. The summed E-state index contributed by atoms with van der Waals surface area (Å²) < 4.78 is 5.17.